The number of aliphatic hydroxyl groups is 1. The van der Waals surface area contributed by atoms with Crippen molar-refractivity contribution < 1.29 is 14.7 Å². The third kappa shape index (κ3) is 3.42. The Bertz CT molecular complexity index is 1130. The maximum atomic E-state index is 13.3. The smallest absolute Gasteiger partial charge is 0.291 e. The molecule has 3 aromatic rings. The van der Waals surface area contributed by atoms with Gasteiger partial charge in [0.05, 0.1) is 28.6 Å². The summed E-state index contributed by atoms with van der Waals surface area (Å²) in [5, 5.41) is 17.8. The van der Waals surface area contributed by atoms with Gasteiger partial charge in [0.2, 0.25) is 5.91 Å². The van der Waals surface area contributed by atoms with Crippen molar-refractivity contribution in [3.05, 3.63) is 59.1 Å². The molecule has 2 aliphatic heterocycles. The Balaban J connectivity index is 1.52. The molecule has 2 aromatic heterocycles. The molecular formula is C22H22N4O3S. The van der Waals surface area contributed by atoms with E-state index in [-0.39, 0.29) is 18.4 Å². The molecule has 1 saturated heterocycles. The molecule has 1 atom stereocenters. The molecule has 0 radical (unpaired) electrons. The first-order valence-electron chi connectivity index (χ1n) is 10.1. The van der Waals surface area contributed by atoms with E-state index in [0.717, 1.165) is 27.9 Å². The van der Waals surface area contributed by atoms with Crippen LogP contribution in [0.25, 0.3) is 10.2 Å². The van der Waals surface area contributed by atoms with E-state index in [9.17, 15) is 14.7 Å². The van der Waals surface area contributed by atoms with Crippen LogP contribution in [-0.2, 0) is 11.3 Å². The lowest BCUT2D eigenvalue weighted by molar-refractivity contribution is -0.134. The van der Waals surface area contributed by atoms with E-state index in [1.165, 1.54) is 5.01 Å². The number of hydrogen-bond donors (Lipinski definition) is 1. The molecule has 7 nitrogen and oxygen atoms in total. The third-order valence-corrected chi connectivity index (χ3v) is 6.52. The van der Waals surface area contributed by atoms with Crippen LogP contribution in [0.4, 0.5) is 0 Å². The van der Waals surface area contributed by atoms with Crippen molar-refractivity contribution in [2.24, 2.45) is 5.10 Å². The van der Waals surface area contributed by atoms with Gasteiger partial charge in [0, 0.05) is 13.1 Å². The Hall–Kier alpha value is -2.97. The SMILES string of the molecule is O=C(CN1N=C(c2ccccc2)Cn2c(cc3sccc32)C1=O)N1CCC[C@H](O)C1. The number of carbonyl (C=O) groups is 2. The summed E-state index contributed by atoms with van der Waals surface area (Å²) in [7, 11) is 0. The van der Waals surface area contributed by atoms with Gasteiger partial charge in [-0.25, -0.2) is 5.01 Å². The van der Waals surface area contributed by atoms with Crippen LogP contribution >= 0.6 is 11.3 Å². The van der Waals surface area contributed by atoms with Gasteiger partial charge in [0.15, 0.2) is 0 Å². The van der Waals surface area contributed by atoms with Gasteiger partial charge in [0.25, 0.3) is 5.91 Å². The Labute approximate surface area is 177 Å². The summed E-state index contributed by atoms with van der Waals surface area (Å²) in [4.78, 5) is 27.9. The number of aromatic nitrogens is 1. The van der Waals surface area contributed by atoms with Crippen LogP contribution < -0.4 is 0 Å². The van der Waals surface area contributed by atoms with Gasteiger partial charge in [-0.3, -0.25) is 9.59 Å². The van der Waals surface area contributed by atoms with Crippen LogP contribution in [0.15, 0.2) is 52.9 Å². The molecule has 1 N–H and O–H groups in total. The lowest BCUT2D eigenvalue weighted by Gasteiger charge is -2.31. The summed E-state index contributed by atoms with van der Waals surface area (Å²) in [6.45, 7) is 1.22. The zero-order valence-corrected chi connectivity index (χ0v) is 17.2. The number of thiophene rings is 1. The highest BCUT2D eigenvalue weighted by molar-refractivity contribution is 7.17. The number of amides is 2. The monoisotopic (exact) mass is 422 g/mol. The average molecular weight is 423 g/mol. The van der Waals surface area contributed by atoms with Crippen LogP contribution in [0.5, 0.6) is 0 Å². The number of nitrogens with zero attached hydrogens (tertiary/aromatic N) is 4. The summed E-state index contributed by atoms with van der Waals surface area (Å²) < 4.78 is 3.02. The number of fused-ring (bicyclic) bond motifs is 3. The molecule has 0 bridgehead atoms. The van der Waals surface area contributed by atoms with Gasteiger partial charge < -0.3 is 14.6 Å². The number of piperidine rings is 1. The Morgan fingerprint density at radius 3 is 2.87 bits per heavy atom. The van der Waals surface area contributed by atoms with Crippen LogP contribution in [0.2, 0.25) is 0 Å². The van der Waals surface area contributed by atoms with E-state index < -0.39 is 6.10 Å². The van der Waals surface area contributed by atoms with E-state index >= 15 is 0 Å². The standard InChI is InChI=1S/C22H22N4O3S/c27-16-7-4-9-24(12-16)21(28)14-26-22(29)19-11-20-18(8-10-30-20)25(19)13-17(23-26)15-5-2-1-3-6-15/h1-3,5-6,8,10-11,16,27H,4,7,9,12-14H2/t16-/m0/s1. The van der Waals surface area contributed by atoms with Crippen molar-refractivity contribution in [1.82, 2.24) is 14.5 Å². The minimum Gasteiger partial charge on any atom is -0.391 e. The first kappa shape index (κ1) is 19.0. The minimum atomic E-state index is -0.505. The molecule has 30 heavy (non-hydrogen) atoms. The molecular weight excluding hydrogens is 400 g/mol. The van der Waals surface area contributed by atoms with Crippen molar-refractivity contribution in [1.29, 1.82) is 0 Å². The second kappa shape index (κ2) is 7.70. The van der Waals surface area contributed by atoms with Crippen molar-refractivity contribution in [2.75, 3.05) is 19.6 Å². The summed E-state index contributed by atoms with van der Waals surface area (Å²) in [5.41, 5.74) is 3.19. The van der Waals surface area contributed by atoms with Gasteiger partial charge in [-0.1, -0.05) is 30.3 Å². The zero-order chi connectivity index (χ0) is 20.7. The summed E-state index contributed by atoms with van der Waals surface area (Å²) in [6.07, 6.45) is 0.959. The predicted octanol–water partition coefficient (Wildman–Crippen LogP) is 2.55. The molecule has 1 fully saturated rings. The minimum absolute atomic E-state index is 0.138. The first-order chi connectivity index (χ1) is 14.6. The molecule has 2 aliphatic rings. The number of hydrazone groups is 1. The number of hydrogen-bond acceptors (Lipinski definition) is 5. The van der Waals surface area contributed by atoms with Crippen molar-refractivity contribution >= 4 is 39.1 Å². The molecule has 2 amide bonds. The average Bonchev–Trinajstić information content (AvgIpc) is 3.31. The molecule has 0 spiro atoms. The van der Waals surface area contributed by atoms with Gasteiger partial charge in [0.1, 0.15) is 12.2 Å². The van der Waals surface area contributed by atoms with Crippen molar-refractivity contribution in [3.63, 3.8) is 0 Å². The number of β-amino-alcohol motifs (C(OH)–C–C–N with tert-alkyl or cyclic N) is 1. The fraction of sp³-hybridized carbons (Fsp3) is 0.318. The first-order valence-corrected chi connectivity index (χ1v) is 11.0. The number of aliphatic hydroxyl groups excluding tert-OH is 1. The quantitative estimate of drug-likeness (QED) is 0.705. The fourth-order valence-corrected chi connectivity index (χ4v) is 4.95. The van der Waals surface area contributed by atoms with Crippen LogP contribution in [-0.4, -0.2) is 62.8 Å². The summed E-state index contributed by atoms with van der Waals surface area (Å²) in [6, 6.07) is 13.6. The Morgan fingerprint density at radius 1 is 1.23 bits per heavy atom. The van der Waals surface area contributed by atoms with E-state index in [1.54, 1.807) is 16.2 Å². The fourth-order valence-electron chi connectivity index (χ4n) is 4.13. The largest absolute Gasteiger partial charge is 0.391 e. The molecule has 0 aliphatic carbocycles. The van der Waals surface area contributed by atoms with E-state index in [0.29, 0.717) is 31.7 Å². The lowest BCUT2D eigenvalue weighted by atomic mass is 10.1. The molecule has 0 saturated carbocycles. The van der Waals surface area contributed by atoms with E-state index in [4.69, 9.17) is 0 Å². The maximum Gasteiger partial charge on any atom is 0.291 e. The number of rotatable bonds is 3. The second-order valence-corrected chi connectivity index (χ2v) is 8.64. The highest BCUT2D eigenvalue weighted by Crippen LogP contribution is 2.28. The van der Waals surface area contributed by atoms with Crippen molar-refractivity contribution in [2.45, 2.75) is 25.5 Å². The molecule has 4 heterocycles. The molecule has 154 valence electrons. The van der Waals surface area contributed by atoms with E-state index in [1.807, 2.05) is 52.4 Å². The lowest BCUT2D eigenvalue weighted by Crippen LogP contribution is -2.46. The van der Waals surface area contributed by atoms with Crippen molar-refractivity contribution in [3.8, 4) is 0 Å². The summed E-state index contributed by atoms with van der Waals surface area (Å²) >= 11 is 1.59. The maximum absolute atomic E-state index is 13.3. The highest BCUT2D eigenvalue weighted by Gasteiger charge is 2.30. The van der Waals surface area contributed by atoms with Gasteiger partial charge in [-0.15, -0.1) is 11.3 Å². The second-order valence-electron chi connectivity index (χ2n) is 7.70. The molecule has 5 rings (SSSR count). The molecule has 1 aromatic carbocycles. The number of benzene rings is 1. The van der Waals surface area contributed by atoms with Gasteiger partial charge >= 0.3 is 0 Å². The van der Waals surface area contributed by atoms with Crippen LogP contribution in [0.3, 0.4) is 0 Å². The molecule has 0 unspecified atom stereocenters. The third-order valence-electron chi connectivity index (χ3n) is 5.67. The normalized spacial score (nSPS) is 19.6. The number of likely N-dealkylation sites (tertiary alicyclic amines) is 1. The van der Waals surface area contributed by atoms with Crippen LogP contribution in [0.1, 0.15) is 28.9 Å². The topological polar surface area (TPSA) is 78.1 Å². The highest BCUT2D eigenvalue weighted by atomic mass is 32.1. The Kier molecular flexibility index (Phi) is 4.88. The number of carbonyl (C=O) groups excluding carboxylic acids is 2. The zero-order valence-electron chi connectivity index (χ0n) is 16.4. The molecule has 8 heteroatoms. The van der Waals surface area contributed by atoms with Gasteiger partial charge in [-0.2, -0.15) is 5.10 Å². The predicted molar refractivity (Wildman–Crippen MR) is 116 cm³/mol. The van der Waals surface area contributed by atoms with Crippen LogP contribution in [0, 0.1) is 0 Å². The van der Waals surface area contributed by atoms with Gasteiger partial charge in [-0.05, 0) is 35.9 Å². The summed E-state index contributed by atoms with van der Waals surface area (Å²) in [5.74, 6) is -0.477. The van der Waals surface area contributed by atoms with E-state index in [2.05, 4.69) is 5.10 Å². The Morgan fingerprint density at radius 2 is 2.07 bits per heavy atom.